The first-order valence-electron chi connectivity index (χ1n) is 7.51. The van der Waals surface area contributed by atoms with Crippen LogP contribution in [0.4, 0.5) is 0 Å². The average molecular weight is 277 g/mol. The first-order valence-corrected chi connectivity index (χ1v) is 7.51. The van der Waals surface area contributed by atoms with Gasteiger partial charge in [0.15, 0.2) is 0 Å². The summed E-state index contributed by atoms with van der Waals surface area (Å²) >= 11 is 0. The summed E-state index contributed by atoms with van der Waals surface area (Å²) in [5.41, 5.74) is 2.07. The standard InChI is InChI=1S/C17H27NO2/c1-17(2,19)10-8-14-4-6-15(7-5-14)12-18-11-9-16(13-18)20-3/h4-7,16,19H,8-13H2,1-3H3/t16-/m1/s1. The fraction of sp³-hybridized carbons (Fsp3) is 0.647. The highest BCUT2D eigenvalue weighted by Crippen LogP contribution is 2.17. The number of hydrogen-bond acceptors (Lipinski definition) is 3. The normalized spacial score (nSPS) is 20.5. The Labute approximate surface area is 122 Å². The van der Waals surface area contributed by atoms with Crippen LogP contribution in [0.3, 0.4) is 0 Å². The van der Waals surface area contributed by atoms with Gasteiger partial charge in [-0.15, -0.1) is 0 Å². The van der Waals surface area contributed by atoms with Gasteiger partial charge in [-0.25, -0.2) is 0 Å². The number of ether oxygens (including phenoxy) is 1. The molecule has 1 heterocycles. The van der Waals surface area contributed by atoms with Crippen molar-refractivity contribution in [1.82, 2.24) is 4.90 Å². The van der Waals surface area contributed by atoms with Crippen LogP contribution in [-0.2, 0) is 17.7 Å². The van der Waals surface area contributed by atoms with E-state index in [0.717, 1.165) is 38.9 Å². The van der Waals surface area contributed by atoms with Crippen molar-refractivity contribution in [2.24, 2.45) is 0 Å². The predicted molar refractivity (Wildman–Crippen MR) is 81.8 cm³/mol. The van der Waals surface area contributed by atoms with E-state index < -0.39 is 5.60 Å². The number of nitrogens with zero attached hydrogens (tertiary/aromatic N) is 1. The molecule has 1 aliphatic rings. The molecule has 112 valence electrons. The number of aryl methyl sites for hydroxylation is 1. The molecular weight excluding hydrogens is 250 g/mol. The fourth-order valence-corrected chi connectivity index (χ4v) is 2.65. The van der Waals surface area contributed by atoms with Crippen molar-refractivity contribution in [1.29, 1.82) is 0 Å². The third-order valence-corrected chi connectivity index (χ3v) is 4.02. The Morgan fingerprint density at radius 1 is 1.25 bits per heavy atom. The minimum atomic E-state index is -0.580. The van der Waals surface area contributed by atoms with Gasteiger partial charge in [0.05, 0.1) is 11.7 Å². The lowest BCUT2D eigenvalue weighted by Crippen LogP contribution is -2.22. The van der Waals surface area contributed by atoms with Crippen molar-refractivity contribution in [3.05, 3.63) is 35.4 Å². The van der Waals surface area contributed by atoms with Crippen LogP contribution in [0.2, 0.25) is 0 Å². The first-order chi connectivity index (χ1) is 9.46. The Bertz CT molecular complexity index is 408. The Morgan fingerprint density at radius 2 is 1.90 bits per heavy atom. The maximum absolute atomic E-state index is 9.75. The van der Waals surface area contributed by atoms with Crippen molar-refractivity contribution in [3.63, 3.8) is 0 Å². The van der Waals surface area contributed by atoms with Gasteiger partial charge in [0.1, 0.15) is 0 Å². The number of rotatable bonds is 6. The molecule has 20 heavy (non-hydrogen) atoms. The summed E-state index contributed by atoms with van der Waals surface area (Å²) in [4.78, 5) is 2.44. The number of likely N-dealkylation sites (tertiary alicyclic amines) is 1. The highest BCUT2D eigenvalue weighted by atomic mass is 16.5. The summed E-state index contributed by atoms with van der Waals surface area (Å²) < 4.78 is 5.40. The van der Waals surface area contributed by atoms with Gasteiger partial charge in [0.2, 0.25) is 0 Å². The maximum Gasteiger partial charge on any atom is 0.0710 e. The lowest BCUT2D eigenvalue weighted by molar-refractivity contribution is 0.0714. The van der Waals surface area contributed by atoms with E-state index in [1.54, 1.807) is 7.11 Å². The lowest BCUT2D eigenvalue weighted by Gasteiger charge is -2.17. The SMILES string of the molecule is CO[C@@H]1CCN(Cc2ccc(CCC(C)(C)O)cc2)C1. The maximum atomic E-state index is 9.75. The van der Waals surface area contributed by atoms with Crippen molar-refractivity contribution < 1.29 is 9.84 Å². The summed E-state index contributed by atoms with van der Waals surface area (Å²) in [6.07, 6.45) is 3.27. The molecule has 3 heteroatoms. The van der Waals surface area contributed by atoms with Gasteiger partial charge in [-0.05, 0) is 44.2 Å². The summed E-state index contributed by atoms with van der Waals surface area (Å²) in [7, 11) is 1.80. The Balaban J connectivity index is 1.83. The van der Waals surface area contributed by atoms with E-state index in [4.69, 9.17) is 4.74 Å². The first kappa shape index (κ1) is 15.5. The average Bonchev–Trinajstić information content (AvgIpc) is 2.85. The summed E-state index contributed by atoms with van der Waals surface area (Å²) in [5, 5.41) is 9.75. The van der Waals surface area contributed by atoms with E-state index in [2.05, 4.69) is 29.2 Å². The van der Waals surface area contributed by atoms with Gasteiger partial charge in [0.25, 0.3) is 0 Å². The van der Waals surface area contributed by atoms with Gasteiger partial charge in [0, 0.05) is 26.7 Å². The molecule has 0 radical (unpaired) electrons. The van der Waals surface area contributed by atoms with Crippen LogP contribution in [0.25, 0.3) is 0 Å². The Hall–Kier alpha value is -0.900. The molecule has 1 N–H and O–H groups in total. The van der Waals surface area contributed by atoms with Crippen LogP contribution in [0.15, 0.2) is 24.3 Å². The molecule has 0 unspecified atom stereocenters. The molecule has 1 aromatic carbocycles. The van der Waals surface area contributed by atoms with Crippen LogP contribution in [0.1, 0.15) is 37.8 Å². The Morgan fingerprint density at radius 3 is 2.45 bits per heavy atom. The minimum absolute atomic E-state index is 0.404. The van der Waals surface area contributed by atoms with Crippen molar-refractivity contribution in [2.45, 2.75) is 51.4 Å². The van der Waals surface area contributed by atoms with Crippen LogP contribution >= 0.6 is 0 Å². The molecular formula is C17H27NO2. The lowest BCUT2D eigenvalue weighted by atomic mass is 9.98. The van der Waals surface area contributed by atoms with Crippen LogP contribution in [0.5, 0.6) is 0 Å². The fourth-order valence-electron chi connectivity index (χ4n) is 2.65. The molecule has 0 aromatic heterocycles. The van der Waals surface area contributed by atoms with E-state index in [9.17, 15) is 5.11 Å². The number of benzene rings is 1. The van der Waals surface area contributed by atoms with E-state index in [0.29, 0.717) is 6.10 Å². The molecule has 0 aliphatic carbocycles. The molecule has 1 fully saturated rings. The molecule has 1 saturated heterocycles. The van der Waals surface area contributed by atoms with Crippen LogP contribution in [-0.4, -0.2) is 41.9 Å². The van der Waals surface area contributed by atoms with Crippen molar-refractivity contribution >= 4 is 0 Å². The Kier molecular flexibility index (Phi) is 5.19. The third-order valence-electron chi connectivity index (χ3n) is 4.02. The van der Waals surface area contributed by atoms with Gasteiger partial charge in [-0.2, -0.15) is 0 Å². The van der Waals surface area contributed by atoms with E-state index >= 15 is 0 Å². The molecule has 0 bridgehead atoms. The molecule has 1 aliphatic heterocycles. The van der Waals surface area contributed by atoms with Gasteiger partial charge in [-0.1, -0.05) is 24.3 Å². The van der Waals surface area contributed by atoms with Gasteiger partial charge >= 0.3 is 0 Å². The predicted octanol–water partition coefficient (Wildman–Crippen LogP) is 2.61. The largest absolute Gasteiger partial charge is 0.390 e. The van der Waals surface area contributed by atoms with E-state index in [1.807, 2.05) is 13.8 Å². The monoisotopic (exact) mass is 277 g/mol. The second-order valence-corrected chi connectivity index (χ2v) is 6.51. The second-order valence-electron chi connectivity index (χ2n) is 6.51. The smallest absolute Gasteiger partial charge is 0.0710 e. The zero-order valence-electron chi connectivity index (χ0n) is 12.9. The topological polar surface area (TPSA) is 32.7 Å². The highest BCUT2D eigenvalue weighted by molar-refractivity contribution is 5.23. The van der Waals surface area contributed by atoms with Crippen LogP contribution < -0.4 is 0 Å². The number of hydrogen-bond donors (Lipinski definition) is 1. The minimum Gasteiger partial charge on any atom is -0.390 e. The molecule has 1 atom stereocenters. The number of aliphatic hydroxyl groups is 1. The van der Waals surface area contributed by atoms with Gasteiger partial charge < -0.3 is 9.84 Å². The van der Waals surface area contributed by atoms with E-state index in [1.165, 1.54) is 11.1 Å². The summed E-state index contributed by atoms with van der Waals surface area (Å²) in [6.45, 7) is 6.89. The third kappa shape index (κ3) is 4.89. The zero-order valence-corrected chi connectivity index (χ0v) is 12.9. The zero-order chi connectivity index (χ0) is 14.6. The second kappa shape index (κ2) is 6.70. The molecule has 3 nitrogen and oxygen atoms in total. The summed E-state index contributed by atoms with van der Waals surface area (Å²) in [6, 6.07) is 8.79. The summed E-state index contributed by atoms with van der Waals surface area (Å²) in [5.74, 6) is 0. The highest BCUT2D eigenvalue weighted by Gasteiger charge is 2.21. The molecule has 2 rings (SSSR count). The van der Waals surface area contributed by atoms with Crippen molar-refractivity contribution in [2.75, 3.05) is 20.2 Å². The van der Waals surface area contributed by atoms with Crippen molar-refractivity contribution in [3.8, 4) is 0 Å². The van der Waals surface area contributed by atoms with Crippen LogP contribution in [0, 0.1) is 0 Å². The van der Waals surface area contributed by atoms with Gasteiger partial charge in [-0.3, -0.25) is 4.90 Å². The quantitative estimate of drug-likeness (QED) is 0.867. The molecule has 0 amide bonds. The number of methoxy groups -OCH3 is 1. The molecule has 0 spiro atoms. The molecule has 1 aromatic rings. The molecule has 0 saturated carbocycles. The van der Waals surface area contributed by atoms with E-state index in [-0.39, 0.29) is 0 Å².